The van der Waals surface area contributed by atoms with E-state index in [1.807, 2.05) is 24.4 Å². The summed E-state index contributed by atoms with van der Waals surface area (Å²) in [6.07, 6.45) is 3.35. The van der Waals surface area contributed by atoms with Gasteiger partial charge in [0.25, 0.3) is 5.91 Å². The van der Waals surface area contributed by atoms with E-state index in [1.165, 1.54) is 12.1 Å². The number of nitrogens with zero attached hydrogens (tertiary/aromatic N) is 3. The van der Waals surface area contributed by atoms with Crippen molar-refractivity contribution >= 4 is 11.6 Å². The van der Waals surface area contributed by atoms with Gasteiger partial charge >= 0.3 is 0 Å². The van der Waals surface area contributed by atoms with Crippen LogP contribution in [0.5, 0.6) is 0 Å². The molecule has 6 heteroatoms. The number of likely N-dealkylation sites (tertiary alicyclic amines) is 1. The Morgan fingerprint density at radius 2 is 2.00 bits per heavy atom. The molecule has 24 heavy (non-hydrogen) atoms. The highest BCUT2D eigenvalue weighted by molar-refractivity contribution is 5.93. The summed E-state index contributed by atoms with van der Waals surface area (Å²) in [7, 11) is 0. The summed E-state index contributed by atoms with van der Waals surface area (Å²) in [4.78, 5) is 18.8. The molecular weight excluding hydrogens is 309 g/mol. The predicted octanol–water partition coefficient (Wildman–Crippen LogP) is 2.42. The van der Waals surface area contributed by atoms with Gasteiger partial charge in [-0.3, -0.25) is 4.79 Å². The highest BCUT2D eigenvalue weighted by Crippen LogP contribution is 2.33. The monoisotopic (exact) mass is 325 g/mol. The number of aliphatic hydroxyl groups is 1. The van der Waals surface area contributed by atoms with Crippen LogP contribution in [-0.4, -0.2) is 37.9 Å². The summed E-state index contributed by atoms with van der Waals surface area (Å²) in [5.41, 5.74) is 1.84. The number of benzene rings is 1. The van der Waals surface area contributed by atoms with Crippen LogP contribution in [0.15, 0.2) is 54.9 Å². The van der Waals surface area contributed by atoms with Crippen LogP contribution in [0.4, 0.5) is 4.39 Å². The molecule has 0 spiro atoms. The largest absolute Gasteiger partial charge is 0.391 e. The summed E-state index contributed by atoms with van der Waals surface area (Å²) >= 11 is 0. The topological polar surface area (TPSA) is 57.8 Å². The van der Waals surface area contributed by atoms with Gasteiger partial charge in [-0.2, -0.15) is 0 Å². The zero-order valence-electron chi connectivity index (χ0n) is 12.8. The lowest BCUT2D eigenvalue weighted by Gasteiger charge is -2.24. The molecule has 0 aliphatic carbocycles. The highest BCUT2D eigenvalue weighted by atomic mass is 19.1. The smallest absolute Gasteiger partial charge is 0.274 e. The van der Waals surface area contributed by atoms with Gasteiger partial charge in [0.15, 0.2) is 0 Å². The van der Waals surface area contributed by atoms with Crippen molar-refractivity contribution < 1.29 is 14.3 Å². The van der Waals surface area contributed by atoms with Gasteiger partial charge in [-0.25, -0.2) is 9.37 Å². The van der Waals surface area contributed by atoms with Crippen LogP contribution in [0.2, 0.25) is 0 Å². The molecule has 0 radical (unpaired) electrons. The number of hydrogen-bond acceptors (Lipinski definition) is 3. The SMILES string of the molecule is O=C(c1cn2ccccc2n1)N1C[C@H](O)C[C@H]1c1ccc(F)cc1. The predicted molar refractivity (Wildman–Crippen MR) is 86.0 cm³/mol. The fourth-order valence-corrected chi connectivity index (χ4v) is 3.22. The molecule has 1 amide bonds. The summed E-state index contributed by atoms with van der Waals surface area (Å²) in [5, 5.41) is 10.0. The summed E-state index contributed by atoms with van der Waals surface area (Å²) in [6, 6.07) is 11.3. The van der Waals surface area contributed by atoms with Gasteiger partial charge in [0.2, 0.25) is 0 Å². The lowest BCUT2D eigenvalue weighted by atomic mass is 10.0. The van der Waals surface area contributed by atoms with E-state index in [0.29, 0.717) is 17.8 Å². The minimum atomic E-state index is -0.596. The third-order valence-corrected chi connectivity index (χ3v) is 4.38. The van der Waals surface area contributed by atoms with E-state index in [2.05, 4.69) is 4.98 Å². The lowest BCUT2D eigenvalue weighted by Crippen LogP contribution is -2.32. The molecule has 1 N–H and O–H groups in total. The Hall–Kier alpha value is -2.73. The lowest BCUT2D eigenvalue weighted by molar-refractivity contribution is 0.0710. The first-order valence-electron chi connectivity index (χ1n) is 7.80. The summed E-state index contributed by atoms with van der Waals surface area (Å²) in [5.74, 6) is -0.555. The number of β-amino-alcohol motifs (C(OH)–C–C–N with tert-alkyl or cyclic N) is 1. The molecule has 1 aromatic carbocycles. The number of imidazole rings is 1. The average Bonchev–Trinajstić information content (AvgIpc) is 3.18. The molecule has 2 aromatic heterocycles. The van der Waals surface area contributed by atoms with Crippen LogP contribution in [0, 0.1) is 5.82 Å². The molecule has 0 saturated carbocycles. The second kappa shape index (κ2) is 5.72. The Labute approximate surface area is 138 Å². The Bertz CT molecular complexity index is 858. The van der Waals surface area contributed by atoms with Gasteiger partial charge in [0.05, 0.1) is 12.1 Å². The van der Waals surface area contributed by atoms with E-state index < -0.39 is 6.10 Å². The molecule has 3 aromatic rings. The van der Waals surface area contributed by atoms with Gasteiger partial charge in [-0.05, 0) is 36.2 Å². The van der Waals surface area contributed by atoms with Crippen molar-refractivity contribution in [1.82, 2.24) is 14.3 Å². The molecular formula is C18H16FN3O2. The van der Waals surface area contributed by atoms with E-state index >= 15 is 0 Å². The fourth-order valence-electron chi connectivity index (χ4n) is 3.22. The number of aliphatic hydroxyl groups excluding tert-OH is 1. The van der Waals surface area contributed by atoms with Crippen LogP contribution in [0.1, 0.15) is 28.5 Å². The Morgan fingerprint density at radius 1 is 1.21 bits per heavy atom. The van der Waals surface area contributed by atoms with Crippen molar-refractivity contribution in [2.24, 2.45) is 0 Å². The number of rotatable bonds is 2. The number of aromatic nitrogens is 2. The van der Waals surface area contributed by atoms with E-state index in [0.717, 1.165) is 5.56 Å². The van der Waals surface area contributed by atoms with E-state index in [9.17, 15) is 14.3 Å². The molecule has 1 saturated heterocycles. The van der Waals surface area contributed by atoms with Crippen LogP contribution >= 0.6 is 0 Å². The minimum absolute atomic E-state index is 0.232. The highest BCUT2D eigenvalue weighted by Gasteiger charge is 2.36. The van der Waals surface area contributed by atoms with Gasteiger partial charge in [0, 0.05) is 18.9 Å². The van der Waals surface area contributed by atoms with Crippen molar-refractivity contribution in [2.75, 3.05) is 6.54 Å². The van der Waals surface area contributed by atoms with Crippen LogP contribution in [0.3, 0.4) is 0 Å². The van der Waals surface area contributed by atoms with Gasteiger partial charge < -0.3 is 14.4 Å². The zero-order chi connectivity index (χ0) is 16.7. The number of halogens is 1. The van der Waals surface area contributed by atoms with Crippen molar-refractivity contribution in [2.45, 2.75) is 18.6 Å². The first kappa shape index (κ1) is 14.8. The number of hydrogen-bond donors (Lipinski definition) is 1. The molecule has 1 aliphatic rings. The van der Waals surface area contributed by atoms with Crippen LogP contribution in [0.25, 0.3) is 5.65 Å². The first-order valence-corrected chi connectivity index (χ1v) is 7.80. The maximum Gasteiger partial charge on any atom is 0.274 e. The number of fused-ring (bicyclic) bond motifs is 1. The third kappa shape index (κ3) is 2.55. The summed E-state index contributed by atoms with van der Waals surface area (Å²) in [6.45, 7) is 0.245. The van der Waals surface area contributed by atoms with Crippen molar-refractivity contribution in [3.05, 3.63) is 71.9 Å². The van der Waals surface area contributed by atoms with E-state index in [1.54, 1.807) is 27.6 Å². The first-order chi connectivity index (χ1) is 11.6. The minimum Gasteiger partial charge on any atom is -0.391 e. The number of amides is 1. The molecule has 2 atom stereocenters. The van der Waals surface area contributed by atoms with Gasteiger partial charge in [-0.15, -0.1) is 0 Å². The molecule has 0 unspecified atom stereocenters. The fraction of sp³-hybridized carbons (Fsp3) is 0.222. The molecule has 5 nitrogen and oxygen atoms in total. The summed E-state index contributed by atoms with van der Waals surface area (Å²) < 4.78 is 14.9. The number of pyridine rings is 1. The Morgan fingerprint density at radius 3 is 2.75 bits per heavy atom. The maximum atomic E-state index is 13.1. The third-order valence-electron chi connectivity index (χ3n) is 4.38. The van der Waals surface area contributed by atoms with Crippen LogP contribution < -0.4 is 0 Å². The average molecular weight is 325 g/mol. The molecule has 1 aliphatic heterocycles. The van der Waals surface area contributed by atoms with E-state index in [-0.39, 0.29) is 24.3 Å². The molecule has 0 bridgehead atoms. The molecule has 122 valence electrons. The molecule has 4 rings (SSSR count). The normalized spacial score (nSPS) is 20.7. The van der Waals surface area contributed by atoms with E-state index in [4.69, 9.17) is 0 Å². The standard InChI is InChI=1S/C18H16FN3O2/c19-13-6-4-12(5-7-13)16-9-14(23)10-22(16)18(24)15-11-21-8-2-1-3-17(21)20-15/h1-8,11,14,16,23H,9-10H2/t14-,16+/m1/s1. The second-order valence-electron chi connectivity index (χ2n) is 6.01. The van der Waals surface area contributed by atoms with Crippen LogP contribution in [-0.2, 0) is 0 Å². The van der Waals surface area contributed by atoms with Gasteiger partial charge in [-0.1, -0.05) is 18.2 Å². The zero-order valence-corrected chi connectivity index (χ0v) is 12.8. The Kier molecular flexibility index (Phi) is 3.54. The van der Waals surface area contributed by atoms with Gasteiger partial charge in [0.1, 0.15) is 17.2 Å². The van der Waals surface area contributed by atoms with Crippen molar-refractivity contribution in [3.8, 4) is 0 Å². The molecule has 1 fully saturated rings. The second-order valence-corrected chi connectivity index (χ2v) is 6.01. The van der Waals surface area contributed by atoms with Crippen molar-refractivity contribution in [3.63, 3.8) is 0 Å². The quantitative estimate of drug-likeness (QED) is 0.787. The number of carbonyl (C=O) groups is 1. The molecule has 3 heterocycles. The van der Waals surface area contributed by atoms with Crippen molar-refractivity contribution in [1.29, 1.82) is 0 Å². The maximum absolute atomic E-state index is 13.1. The Balaban J connectivity index is 1.67. The number of carbonyl (C=O) groups excluding carboxylic acids is 1.